The Morgan fingerprint density at radius 1 is 1.42 bits per heavy atom. The fraction of sp³-hybridized carbons (Fsp3) is 0.615. The Kier molecular flexibility index (Phi) is 4.73. The van der Waals surface area contributed by atoms with Gasteiger partial charge in [0.15, 0.2) is 0 Å². The predicted octanol–water partition coefficient (Wildman–Crippen LogP) is -0.226. The maximum absolute atomic E-state index is 12.5. The van der Waals surface area contributed by atoms with Crippen LogP contribution in [0.5, 0.6) is 0 Å². The van der Waals surface area contributed by atoms with Crippen molar-refractivity contribution in [3.8, 4) is 6.07 Å². The third-order valence-electron chi connectivity index (χ3n) is 4.19. The van der Waals surface area contributed by atoms with Crippen LogP contribution in [0.3, 0.4) is 0 Å². The molecule has 1 aromatic heterocycles. The average molecular weight is 370 g/mol. The van der Waals surface area contributed by atoms with Gasteiger partial charge in [0.25, 0.3) is 0 Å². The molecule has 2 N–H and O–H groups in total. The van der Waals surface area contributed by atoms with Crippen molar-refractivity contribution in [1.29, 1.82) is 5.26 Å². The Morgan fingerprint density at radius 2 is 2.08 bits per heavy atom. The van der Waals surface area contributed by atoms with Crippen molar-refractivity contribution >= 4 is 32.6 Å². The number of carbonyl (C=O) groups excluding carboxylic acids is 1. The molecular weight excluding hydrogens is 352 g/mol. The number of piperazine rings is 1. The van der Waals surface area contributed by atoms with Crippen LogP contribution in [-0.4, -0.2) is 72.5 Å². The van der Waals surface area contributed by atoms with Gasteiger partial charge in [-0.2, -0.15) is 13.9 Å². The summed E-state index contributed by atoms with van der Waals surface area (Å²) in [4.78, 5) is 13.6. The van der Waals surface area contributed by atoms with Crippen LogP contribution in [0.1, 0.15) is 11.3 Å². The van der Waals surface area contributed by atoms with Crippen LogP contribution in [0.25, 0.3) is 0 Å². The third kappa shape index (κ3) is 3.10. The highest BCUT2D eigenvalue weighted by atomic mass is 32.2. The second kappa shape index (κ2) is 6.64. The number of hydrogen-bond donors (Lipinski definition) is 2. The van der Waals surface area contributed by atoms with Crippen molar-refractivity contribution in [3.63, 3.8) is 0 Å². The molecule has 0 atom stereocenters. The first kappa shape index (κ1) is 17.1. The smallest absolute Gasteiger partial charge is 0.322 e. The molecule has 0 radical (unpaired) electrons. The van der Waals surface area contributed by atoms with E-state index in [0.29, 0.717) is 42.4 Å². The van der Waals surface area contributed by atoms with Gasteiger partial charge in [0.05, 0.1) is 5.69 Å². The van der Waals surface area contributed by atoms with Crippen molar-refractivity contribution in [2.45, 2.75) is 12.2 Å². The third-order valence-corrected chi connectivity index (χ3v) is 7.27. The molecule has 0 unspecified atom stereocenters. The van der Waals surface area contributed by atoms with Crippen LogP contribution in [-0.2, 0) is 10.0 Å². The lowest BCUT2D eigenvalue weighted by molar-refractivity contribution is 0.180. The largest absolute Gasteiger partial charge is 0.322 e. The topological polar surface area (TPSA) is 118 Å². The molecule has 0 aliphatic carbocycles. The lowest BCUT2D eigenvalue weighted by atomic mass is 10.2. The minimum atomic E-state index is -3.36. The highest BCUT2D eigenvalue weighted by Gasteiger charge is 2.43. The maximum atomic E-state index is 12.5. The van der Waals surface area contributed by atoms with Crippen molar-refractivity contribution in [2.75, 3.05) is 44.6 Å². The van der Waals surface area contributed by atoms with Crippen LogP contribution < -0.4 is 10.6 Å². The molecule has 3 rings (SSSR count). The molecule has 130 valence electrons. The Bertz CT molecular complexity index is 772. The van der Waals surface area contributed by atoms with Crippen LogP contribution in [0, 0.1) is 18.3 Å². The van der Waals surface area contributed by atoms with E-state index in [2.05, 4.69) is 15.0 Å². The molecule has 2 aliphatic heterocycles. The van der Waals surface area contributed by atoms with Gasteiger partial charge in [0.2, 0.25) is 10.0 Å². The van der Waals surface area contributed by atoms with E-state index in [1.54, 1.807) is 6.92 Å². The fourth-order valence-corrected chi connectivity index (χ4v) is 5.25. The molecule has 1 aromatic rings. The minimum Gasteiger partial charge on any atom is -0.322 e. The number of hydrogen-bond acceptors (Lipinski definition) is 7. The highest BCUT2D eigenvalue weighted by molar-refractivity contribution is 7.89. The number of likely N-dealkylation sites (tertiary alicyclic amines) is 1. The first-order valence-corrected chi connectivity index (χ1v) is 9.83. The zero-order valence-corrected chi connectivity index (χ0v) is 14.8. The van der Waals surface area contributed by atoms with E-state index >= 15 is 0 Å². The quantitative estimate of drug-likeness (QED) is 0.759. The summed E-state index contributed by atoms with van der Waals surface area (Å²) in [6.07, 6.45) is 0. The number of nitriles is 1. The Morgan fingerprint density at radius 3 is 2.71 bits per heavy atom. The Hall–Kier alpha value is -1.74. The van der Waals surface area contributed by atoms with Gasteiger partial charge in [-0.3, -0.25) is 5.32 Å². The van der Waals surface area contributed by atoms with Gasteiger partial charge in [0, 0.05) is 39.3 Å². The van der Waals surface area contributed by atoms with E-state index in [0.717, 1.165) is 11.5 Å². The number of aryl methyl sites for hydroxylation is 1. The van der Waals surface area contributed by atoms with Gasteiger partial charge in [-0.1, -0.05) is 0 Å². The van der Waals surface area contributed by atoms with Crippen molar-refractivity contribution in [2.24, 2.45) is 0 Å². The molecule has 0 bridgehead atoms. The number of urea groups is 1. The zero-order chi connectivity index (χ0) is 17.3. The molecule has 0 spiro atoms. The van der Waals surface area contributed by atoms with Gasteiger partial charge >= 0.3 is 6.03 Å². The molecule has 9 nitrogen and oxygen atoms in total. The second-order valence-corrected chi connectivity index (χ2v) is 8.72. The van der Waals surface area contributed by atoms with Gasteiger partial charge in [0.1, 0.15) is 21.9 Å². The lowest BCUT2D eigenvalue weighted by Crippen LogP contribution is -2.62. The van der Waals surface area contributed by atoms with Gasteiger partial charge in [-0.15, -0.1) is 0 Å². The van der Waals surface area contributed by atoms with Crippen molar-refractivity contribution in [3.05, 3.63) is 11.3 Å². The molecule has 24 heavy (non-hydrogen) atoms. The molecule has 2 saturated heterocycles. The normalized spacial score (nSPS) is 19.6. The maximum Gasteiger partial charge on any atom is 0.322 e. The number of sulfonamides is 1. The molecule has 11 heteroatoms. The van der Waals surface area contributed by atoms with E-state index in [1.807, 2.05) is 6.07 Å². The van der Waals surface area contributed by atoms with E-state index in [1.165, 1.54) is 9.21 Å². The van der Waals surface area contributed by atoms with Gasteiger partial charge in [-0.05, 0) is 18.5 Å². The summed E-state index contributed by atoms with van der Waals surface area (Å²) < 4.78 is 30.5. The number of rotatable bonds is 3. The molecule has 0 saturated carbocycles. The number of aromatic nitrogens is 1. The minimum absolute atomic E-state index is 0.164. The summed E-state index contributed by atoms with van der Waals surface area (Å²) in [5, 5.41) is 14.7. The number of carbonyl (C=O) groups is 1. The molecule has 2 amide bonds. The number of amides is 2. The highest BCUT2D eigenvalue weighted by Crippen LogP contribution is 2.26. The van der Waals surface area contributed by atoms with E-state index in [9.17, 15) is 13.2 Å². The molecule has 3 heterocycles. The standard InChI is InChI=1S/C13H18N6O3S2/c1-9-11(6-14)12(23-17-9)16-13(20)18-7-10(8-18)24(21,22)19-4-2-15-3-5-19/h10,15H,2-5,7-8H2,1H3,(H,16,20). The molecule has 2 fully saturated rings. The summed E-state index contributed by atoms with van der Waals surface area (Å²) in [5.41, 5.74) is 0.916. The van der Waals surface area contributed by atoms with Crippen LogP contribution in [0.15, 0.2) is 0 Å². The summed E-state index contributed by atoms with van der Waals surface area (Å²) >= 11 is 1.05. The van der Waals surface area contributed by atoms with Gasteiger partial charge in [-0.25, -0.2) is 13.2 Å². The molecule has 0 aromatic carbocycles. The first-order valence-electron chi connectivity index (χ1n) is 7.55. The number of nitrogens with one attached hydrogen (secondary N) is 2. The molecular formula is C13H18N6O3S2. The van der Waals surface area contributed by atoms with Crippen LogP contribution in [0.2, 0.25) is 0 Å². The summed E-state index contributed by atoms with van der Waals surface area (Å²) in [6.45, 7) is 4.27. The Balaban J connectivity index is 1.58. The number of nitrogens with zero attached hydrogens (tertiary/aromatic N) is 4. The van der Waals surface area contributed by atoms with E-state index in [-0.39, 0.29) is 13.1 Å². The van der Waals surface area contributed by atoms with E-state index in [4.69, 9.17) is 5.26 Å². The predicted molar refractivity (Wildman–Crippen MR) is 89.3 cm³/mol. The lowest BCUT2D eigenvalue weighted by Gasteiger charge is -2.41. The number of anilines is 1. The van der Waals surface area contributed by atoms with Crippen molar-refractivity contribution < 1.29 is 13.2 Å². The summed E-state index contributed by atoms with van der Waals surface area (Å²) in [5.74, 6) is 0. The zero-order valence-electron chi connectivity index (χ0n) is 13.2. The monoisotopic (exact) mass is 370 g/mol. The van der Waals surface area contributed by atoms with Gasteiger partial charge < -0.3 is 10.2 Å². The van der Waals surface area contributed by atoms with Crippen LogP contribution >= 0.6 is 11.5 Å². The summed E-state index contributed by atoms with van der Waals surface area (Å²) in [7, 11) is -3.36. The van der Waals surface area contributed by atoms with Crippen molar-refractivity contribution in [1.82, 2.24) is 18.9 Å². The Labute approximate surface area is 144 Å². The first-order chi connectivity index (χ1) is 11.4. The SMILES string of the molecule is Cc1nsc(NC(=O)N2CC(S(=O)(=O)N3CCNCC3)C2)c1C#N. The van der Waals surface area contributed by atoms with Crippen LogP contribution in [0.4, 0.5) is 9.80 Å². The average Bonchev–Trinajstić information content (AvgIpc) is 2.86. The summed E-state index contributed by atoms with van der Waals surface area (Å²) in [6, 6.07) is 1.61. The fourth-order valence-electron chi connectivity index (χ4n) is 2.66. The molecule has 2 aliphatic rings. The second-order valence-electron chi connectivity index (χ2n) is 5.74. The van der Waals surface area contributed by atoms with E-state index < -0.39 is 21.3 Å².